The second-order valence-electron chi connectivity index (χ2n) is 5.74. The number of fused-ring (bicyclic) bond motifs is 1. The van der Waals surface area contributed by atoms with Crippen LogP contribution in [0.4, 0.5) is 0 Å². The molecule has 1 aromatic rings. The Bertz CT molecular complexity index is 660. The highest BCUT2D eigenvalue weighted by molar-refractivity contribution is 6.27. The molecule has 0 heterocycles. The zero-order valence-electron chi connectivity index (χ0n) is 13.0. The van der Waals surface area contributed by atoms with Gasteiger partial charge in [-0.2, -0.15) is 0 Å². The number of rotatable bonds is 5. The maximum atomic E-state index is 12.6. The molecule has 0 spiro atoms. The summed E-state index contributed by atoms with van der Waals surface area (Å²) < 4.78 is 0. The van der Waals surface area contributed by atoms with Crippen molar-refractivity contribution < 1.29 is 14.4 Å². The number of amides is 1. The van der Waals surface area contributed by atoms with E-state index in [9.17, 15) is 14.4 Å². The average Bonchev–Trinajstić information content (AvgIpc) is 2.47. The SMILES string of the molecule is CC(=O)NC1=C(NCCC(C)C)C(=O)c2ccccc2C1=O. The van der Waals surface area contributed by atoms with Gasteiger partial charge in [-0.05, 0) is 12.3 Å². The molecule has 0 saturated heterocycles. The van der Waals surface area contributed by atoms with Gasteiger partial charge < -0.3 is 10.6 Å². The molecule has 0 saturated carbocycles. The molecule has 0 radical (unpaired) electrons. The molecular formula is C17H20N2O3. The van der Waals surface area contributed by atoms with Crippen molar-refractivity contribution in [1.82, 2.24) is 10.6 Å². The highest BCUT2D eigenvalue weighted by atomic mass is 16.2. The Morgan fingerprint density at radius 3 is 2.09 bits per heavy atom. The van der Waals surface area contributed by atoms with E-state index in [0.29, 0.717) is 23.6 Å². The van der Waals surface area contributed by atoms with E-state index in [1.54, 1.807) is 24.3 Å². The summed E-state index contributed by atoms with van der Waals surface area (Å²) in [5.41, 5.74) is 0.916. The zero-order chi connectivity index (χ0) is 16.3. The third-order valence-corrected chi connectivity index (χ3v) is 3.44. The van der Waals surface area contributed by atoms with Crippen LogP contribution in [0.5, 0.6) is 0 Å². The highest BCUT2D eigenvalue weighted by Gasteiger charge is 2.32. The first-order chi connectivity index (χ1) is 10.4. The molecule has 22 heavy (non-hydrogen) atoms. The maximum Gasteiger partial charge on any atom is 0.221 e. The minimum absolute atomic E-state index is 0.0416. The van der Waals surface area contributed by atoms with Gasteiger partial charge in [0, 0.05) is 24.6 Å². The van der Waals surface area contributed by atoms with E-state index in [-0.39, 0.29) is 28.9 Å². The molecule has 0 atom stereocenters. The van der Waals surface area contributed by atoms with E-state index < -0.39 is 0 Å². The van der Waals surface area contributed by atoms with Gasteiger partial charge in [-0.3, -0.25) is 14.4 Å². The van der Waals surface area contributed by atoms with Crippen molar-refractivity contribution in [3.63, 3.8) is 0 Å². The largest absolute Gasteiger partial charge is 0.380 e. The Balaban J connectivity index is 2.39. The van der Waals surface area contributed by atoms with Crippen molar-refractivity contribution in [3.05, 3.63) is 46.8 Å². The summed E-state index contributed by atoms with van der Waals surface area (Å²) in [7, 11) is 0. The Morgan fingerprint density at radius 1 is 1.05 bits per heavy atom. The molecule has 0 aromatic heterocycles. The predicted octanol–water partition coefficient (Wildman–Crippen LogP) is 2.05. The Kier molecular flexibility index (Phi) is 4.75. The first-order valence-corrected chi connectivity index (χ1v) is 7.36. The van der Waals surface area contributed by atoms with Crippen LogP contribution >= 0.6 is 0 Å². The second-order valence-corrected chi connectivity index (χ2v) is 5.74. The third kappa shape index (κ3) is 3.24. The van der Waals surface area contributed by atoms with Crippen LogP contribution in [0.25, 0.3) is 0 Å². The summed E-state index contributed by atoms with van der Waals surface area (Å²) in [6.07, 6.45) is 0.861. The summed E-state index contributed by atoms with van der Waals surface area (Å²) in [5, 5.41) is 5.52. The lowest BCUT2D eigenvalue weighted by Crippen LogP contribution is -2.38. The predicted molar refractivity (Wildman–Crippen MR) is 83.4 cm³/mol. The minimum atomic E-state index is -0.376. The lowest BCUT2D eigenvalue weighted by molar-refractivity contribution is -0.118. The molecule has 1 amide bonds. The number of nitrogens with one attached hydrogen (secondary N) is 2. The molecule has 1 aliphatic rings. The molecule has 116 valence electrons. The van der Waals surface area contributed by atoms with Gasteiger partial charge in [-0.1, -0.05) is 38.1 Å². The summed E-state index contributed by atoms with van der Waals surface area (Å²) in [6.45, 7) is 6.04. The van der Waals surface area contributed by atoms with Gasteiger partial charge >= 0.3 is 0 Å². The first-order valence-electron chi connectivity index (χ1n) is 7.36. The molecule has 5 nitrogen and oxygen atoms in total. The quantitative estimate of drug-likeness (QED) is 0.872. The zero-order valence-corrected chi connectivity index (χ0v) is 13.0. The number of benzene rings is 1. The second kappa shape index (κ2) is 6.56. The third-order valence-electron chi connectivity index (χ3n) is 3.44. The van der Waals surface area contributed by atoms with Crippen LogP contribution in [0.3, 0.4) is 0 Å². The van der Waals surface area contributed by atoms with Gasteiger partial charge in [0.1, 0.15) is 11.4 Å². The number of ketones is 2. The van der Waals surface area contributed by atoms with Gasteiger partial charge in [0.2, 0.25) is 17.5 Å². The summed E-state index contributed by atoms with van der Waals surface area (Å²) in [4.78, 5) is 36.5. The van der Waals surface area contributed by atoms with Crippen LogP contribution in [0.1, 0.15) is 47.9 Å². The summed E-state index contributed by atoms with van der Waals surface area (Å²) >= 11 is 0. The van der Waals surface area contributed by atoms with E-state index in [2.05, 4.69) is 24.5 Å². The fourth-order valence-electron chi connectivity index (χ4n) is 2.33. The topological polar surface area (TPSA) is 75.3 Å². The smallest absolute Gasteiger partial charge is 0.221 e. The number of hydrogen-bond donors (Lipinski definition) is 2. The van der Waals surface area contributed by atoms with Crippen molar-refractivity contribution in [2.75, 3.05) is 6.54 Å². The summed E-state index contributed by atoms with van der Waals surface area (Å²) in [6, 6.07) is 6.65. The van der Waals surface area contributed by atoms with E-state index in [1.807, 2.05) is 0 Å². The van der Waals surface area contributed by atoms with E-state index >= 15 is 0 Å². The van der Waals surface area contributed by atoms with E-state index in [1.165, 1.54) is 6.92 Å². The lowest BCUT2D eigenvalue weighted by Gasteiger charge is -2.22. The average molecular weight is 300 g/mol. The fourth-order valence-corrected chi connectivity index (χ4v) is 2.33. The van der Waals surface area contributed by atoms with Gasteiger partial charge in [-0.15, -0.1) is 0 Å². The van der Waals surface area contributed by atoms with Crippen LogP contribution in [-0.4, -0.2) is 24.0 Å². The Labute approximate surface area is 129 Å². The van der Waals surface area contributed by atoms with Crippen LogP contribution in [0.15, 0.2) is 35.7 Å². The molecule has 2 rings (SSSR count). The van der Waals surface area contributed by atoms with Gasteiger partial charge in [0.05, 0.1) is 0 Å². The molecule has 0 unspecified atom stereocenters. The molecule has 0 bridgehead atoms. The monoisotopic (exact) mass is 300 g/mol. The van der Waals surface area contributed by atoms with Gasteiger partial charge in [0.25, 0.3) is 0 Å². The Hall–Kier alpha value is -2.43. The van der Waals surface area contributed by atoms with E-state index in [0.717, 1.165) is 6.42 Å². The number of carbonyl (C=O) groups excluding carboxylic acids is 3. The van der Waals surface area contributed by atoms with Crippen molar-refractivity contribution in [1.29, 1.82) is 0 Å². The van der Waals surface area contributed by atoms with Crippen LogP contribution < -0.4 is 10.6 Å². The fraction of sp³-hybridized carbons (Fsp3) is 0.353. The molecule has 1 aromatic carbocycles. The molecular weight excluding hydrogens is 280 g/mol. The molecule has 0 fully saturated rings. The van der Waals surface area contributed by atoms with E-state index in [4.69, 9.17) is 0 Å². The van der Waals surface area contributed by atoms with Gasteiger partial charge in [0.15, 0.2) is 0 Å². The highest BCUT2D eigenvalue weighted by Crippen LogP contribution is 2.23. The number of allylic oxidation sites excluding steroid dienone is 2. The normalized spacial score (nSPS) is 14.2. The lowest BCUT2D eigenvalue weighted by atomic mass is 9.90. The van der Waals surface area contributed by atoms with Gasteiger partial charge in [-0.25, -0.2) is 0 Å². The molecule has 5 heteroatoms. The van der Waals surface area contributed by atoms with Crippen LogP contribution in [-0.2, 0) is 4.79 Å². The number of Topliss-reactive ketones (excluding diaryl/α,β-unsaturated/α-hetero) is 2. The number of carbonyl (C=O) groups is 3. The van der Waals surface area contributed by atoms with Crippen molar-refractivity contribution >= 4 is 17.5 Å². The van der Waals surface area contributed by atoms with Crippen LogP contribution in [0, 0.1) is 5.92 Å². The first kappa shape index (κ1) is 15.9. The van der Waals surface area contributed by atoms with Crippen LogP contribution in [0.2, 0.25) is 0 Å². The standard InChI is InChI=1S/C17H20N2O3/c1-10(2)8-9-18-14-15(19-11(3)20)17(22)13-7-5-4-6-12(13)16(14)21/h4-7,10,18H,8-9H2,1-3H3,(H,19,20). The maximum absolute atomic E-state index is 12.6. The molecule has 0 aliphatic heterocycles. The molecule has 2 N–H and O–H groups in total. The van der Waals surface area contributed by atoms with Crippen molar-refractivity contribution in [2.24, 2.45) is 5.92 Å². The van der Waals surface area contributed by atoms with Crippen molar-refractivity contribution in [2.45, 2.75) is 27.2 Å². The molecule has 1 aliphatic carbocycles. The summed E-state index contributed by atoms with van der Waals surface area (Å²) in [5.74, 6) is -0.502. The minimum Gasteiger partial charge on any atom is -0.380 e. The number of hydrogen-bond acceptors (Lipinski definition) is 4. The van der Waals surface area contributed by atoms with Crippen molar-refractivity contribution in [3.8, 4) is 0 Å². The Morgan fingerprint density at radius 2 is 1.59 bits per heavy atom.